The molecule has 0 saturated heterocycles. The lowest BCUT2D eigenvalue weighted by atomic mass is 10.2. The highest BCUT2D eigenvalue weighted by Crippen LogP contribution is 2.15. The number of nitrogens with zero attached hydrogens (tertiary/aromatic N) is 1. The Bertz CT molecular complexity index is 589. The van der Waals surface area contributed by atoms with E-state index in [1.807, 2.05) is 29.5 Å². The number of alkyl halides is 1. The molecule has 1 rings (SSSR count). The van der Waals surface area contributed by atoms with E-state index < -0.39 is 28.8 Å². The number of halogens is 1. The van der Waals surface area contributed by atoms with Gasteiger partial charge in [-0.3, -0.25) is 9.17 Å². The Balaban J connectivity index is 2.64. The van der Waals surface area contributed by atoms with Crippen molar-refractivity contribution in [2.24, 2.45) is 0 Å². The minimum atomic E-state index is -3.63. The molecule has 2 atom stereocenters. The lowest BCUT2D eigenvalue weighted by Crippen LogP contribution is -2.15. The van der Waals surface area contributed by atoms with Gasteiger partial charge in [-0.05, 0) is 41.1 Å². The van der Waals surface area contributed by atoms with Gasteiger partial charge in [-0.1, -0.05) is 13.3 Å². The Morgan fingerprint density at radius 3 is 2.64 bits per heavy atom. The third-order valence-electron chi connectivity index (χ3n) is 2.55. The Morgan fingerprint density at radius 2 is 2.14 bits per heavy atom. The summed E-state index contributed by atoms with van der Waals surface area (Å²) in [6.45, 7) is 1.57. The number of pyridine rings is 1. The van der Waals surface area contributed by atoms with Gasteiger partial charge in [0.05, 0.1) is 24.1 Å². The average molecular weight is 443 g/mol. The smallest absolute Gasteiger partial charge is 0.340 e. The third kappa shape index (κ3) is 6.99. The largest absolute Gasteiger partial charge is 0.448 e. The number of aliphatic hydroxyl groups excluding tert-OH is 1. The Hall–Kier alpha value is -0.780. The molecule has 1 heterocycles. The first-order valence-corrected chi connectivity index (χ1v) is 9.62. The third-order valence-corrected chi connectivity index (χ3v) is 4.00. The maximum atomic E-state index is 11.8. The molecule has 0 amide bonds. The summed E-state index contributed by atoms with van der Waals surface area (Å²) in [5.41, 5.74) is 0.470. The summed E-state index contributed by atoms with van der Waals surface area (Å²) in [6, 6.07) is 2.89. The van der Waals surface area contributed by atoms with Gasteiger partial charge >= 0.3 is 5.97 Å². The molecule has 0 fully saturated rings. The molecule has 7 nitrogen and oxygen atoms in total. The van der Waals surface area contributed by atoms with Crippen molar-refractivity contribution in [3.05, 3.63) is 29.6 Å². The summed E-state index contributed by atoms with van der Waals surface area (Å²) in [5, 5.41) is 9.76. The zero-order valence-electron chi connectivity index (χ0n) is 12.2. The van der Waals surface area contributed by atoms with Crippen molar-refractivity contribution in [3.8, 4) is 0 Å². The number of carbonyl (C=O) groups is 1. The molecule has 1 aromatic heterocycles. The predicted octanol–water partition coefficient (Wildman–Crippen LogP) is 1.81. The molecule has 1 N–H and O–H groups in total. The monoisotopic (exact) mass is 443 g/mol. The number of hydrogen-bond acceptors (Lipinski definition) is 7. The molecule has 0 aliphatic carbocycles. The van der Waals surface area contributed by atoms with Crippen LogP contribution in [0.4, 0.5) is 0 Å². The maximum Gasteiger partial charge on any atom is 0.340 e. The minimum absolute atomic E-state index is 0.205. The Kier molecular flexibility index (Phi) is 7.66. The van der Waals surface area contributed by atoms with E-state index in [-0.39, 0.29) is 15.4 Å². The van der Waals surface area contributed by atoms with Gasteiger partial charge in [-0.25, -0.2) is 4.79 Å². The highest BCUT2D eigenvalue weighted by molar-refractivity contribution is 14.1. The molecular weight excluding hydrogens is 425 g/mol. The predicted molar refractivity (Wildman–Crippen MR) is 88.1 cm³/mol. The highest BCUT2D eigenvalue weighted by Gasteiger charge is 2.16. The molecule has 9 heteroatoms. The summed E-state index contributed by atoms with van der Waals surface area (Å²) in [5.74, 6) is -0.492. The van der Waals surface area contributed by atoms with Crippen LogP contribution < -0.4 is 0 Å². The number of carbonyl (C=O) groups excluding carboxylic acids is 1. The first-order chi connectivity index (χ1) is 10.2. The van der Waals surface area contributed by atoms with Crippen LogP contribution >= 0.6 is 22.6 Å². The fraction of sp³-hybridized carbons (Fsp3) is 0.538. The SMILES string of the molecule is CCCC(I)OC(=O)c1ccc([C@H](O)COS(C)(=O)=O)nc1. The second-order valence-corrected chi connectivity index (χ2v) is 7.61. The number of ether oxygens (including phenoxy) is 1. The number of aromatic nitrogens is 1. The number of esters is 1. The average Bonchev–Trinajstić information content (AvgIpc) is 2.44. The van der Waals surface area contributed by atoms with Crippen molar-refractivity contribution in [2.45, 2.75) is 30.0 Å². The minimum Gasteiger partial charge on any atom is -0.448 e. The molecular formula is C13H18INO6S. The van der Waals surface area contributed by atoms with Gasteiger partial charge < -0.3 is 9.84 Å². The first kappa shape index (κ1) is 19.3. The van der Waals surface area contributed by atoms with Crippen LogP contribution in [0.2, 0.25) is 0 Å². The summed E-state index contributed by atoms with van der Waals surface area (Å²) in [6.07, 6.45) is 2.64. The molecule has 0 saturated carbocycles. The standard InChI is InChI=1S/C13H18INO6S/c1-3-4-12(14)21-13(17)9-5-6-10(15-7-9)11(16)8-20-22(2,18)19/h5-7,11-12,16H,3-4,8H2,1-2H3/t11-,12?/m1/s1. The normalized spacial score (nSPS) is 14.4. The van der Waals surface area contributed by atoms with Gasteiger partial charge in [0.15, 0.2) is 4.11 Å². The Labute approximate surface area is 143 Å². The van der Waals surface area contributed by atoms with E-state index in [4.69, 9.17) is 4.74 Å². The van der Waals surface area contributed by atoms with E-state index in [1.54, 1.807) is 0 Å². The van der Waals surface area contributed by atoms with Gasteiger partial charge in [0, 0.05) is 6.20 Å². The molecule has 1 aromatic rings. The zero-order chi connectivity index (χ0) is 16.8. The zero-order valence-corrected chi connectivity index (χ0v) is 15.2. The maximum absolute atomic E-state index is 11.8. The van der Waals surface area contributed by atoms with Gasteiger partial charge in [-0.2, -0.15) is 8.42 Å². The summed E-state index contributed by atoms with van der Waals surface area (Å²) in [7, 11) is -3.63. The molecule has 22 heavy (non-hydrogen) atoms. The number of aliphatic hydroxyl groups is 1. The summed E-state index contributed by atoms with van der Waals surface area (Å²) < 4.78 is 31.2. The summed E-state index contributed by atoms with van der Waals surface area (Å²) in [4.78, 5) is 15.8. The fourth-order valence-electron chi connectivity index (χ4n) is 1.47. The van der Waals surface area contributed by atoms with Crippen LogP contribution in [0.25, 0.3) is 0 Å². The van der Waals surface area contributed by atoms with Crippen molar-refractivity contribution < 1.29 is 27.2 Å². The Morgan fingerprint density at radius 1 is 1.45 bits per heavy atom. The lowest BCUT2D eigenvalue weighted by molar-refractivity contribution is 0.0470. The van der Waals surface area contributed by atoms with Crippen molar-refractivity contribution >= 4 is 38.7 Å². The highest BCUT2D eigenvalue weighted by atomic mass is 127. The first-order valence-electron chi connectivity index (χ1n) is 6.56. The molecule has 0 aromatic carbocycles. The van der Waals surface area contributed by atoms with Crippen LogP contribution in [0.5, 0.6) is 0 Å². The molecule has 0 aliphatic heterocycles. The quantitative estimate of drug-likeness (QED) is 0.283. The number of hydrogen-bond donors (Lipinski definition) is 1. The van der Waals surface area contributed by atoms with Crippen LogP contribution in [-0.2, 0) is 19.0 Å². The van der Waals surface area contributed by atoms with Crippen LogP contribution in [0.15, 0.2) is 18.3 Å². The molecule has 0 spiro atoms. The van der Waals surface area contributed by atoms with Crippen molar-refractivity contribution in [2.75, 3.05) is 12.9 Å². The van der Waals surface area contributed by atoms with Crippen LogP contribution in [0.1, 0.15) is 41.9 Å². The van der Waals surface area contributed by atoms with Crippen molar-refractivity contribution in [1.29, 1.82) is 0 Å². The van der Waals surface area contributed by atoms with E-state index in [9.17, 15) is 18.3 Å². The molecule has 0 radical (unpaired) electrons. The molecule has 124 valence electrons. The van der Waals surface area contributed by atoms with E-state index in [1.165, 1.54) is 18.3 Å². The molecule has 0 bridgehead atoms. The van der Waals surface area contributed by atoms with Crippen LogP contribution in [-0.4, -0.2) is 41.5 Å². The molecule has 1 unspecified atom stereocenters. The van der Waals surface area contributed by atoms with Gasteiger partial charge in [0.2, 0.25) is 0 Å². The van der Waals surface area contributed by atoms with E-state index in [0.29, 0.717) is 0 Å². The van der Waals surface area contributed by atoms with E-state index in [0.717, 1.165) is 19.1 Å². The van der Waals surface area contributed by atoms with Crippen molar-refractivity contribution in [3.63, 3.8) is 0 Å². The van der Waals surface area contributed by atoms with E-state index >= 15 is 0 Å². The van der Waals surface area contributed by atoms with Gasteiger partial charge in [0.1, 0.15) is 6.10 Å². The second-order valence-electron chi connectivity index (χ2n) is 4.58. The van der Waals surface area contributed by atoms with Crippen molar-refractivity contribution in [1.82, 2.24) is 4.98 Å². The number of rotatable bonds is 8. The van der Waals surface area contributed by atoms with Gasteiger partial charge in [0.25, 0.3) is 10.1 Å². The fourth-order valence-corrected chi connectivity index (χ4v) is 2.70. The van der Waals surface area contributed by atoms with Gasteiger partial charge in [-0.15, -0.1) is 0 Å². The van der Waals surface area contributed by atoms with Crippen LogP contribution in [0.3, 0.4) is 0 Å². The summed E-state index contributed by atoms with van der Waals surface area (Å²) >= 11 is 2.04. The second kappa shape index (κ2) is 8.75. The molecule has 0 aliphatic rings. The lowest BCUT2D eigenvalue weighted by Gasteiger charge is -2.12. The van der Waals surface area contributed by atoms with E-state index in [2.05, 4.69) is 9.17 Å². The topological polar surface area (TPSA) is 103 Å². The van der Waals surface area contributed by atoms with Crippen LogP contribution in [0, 0.1) is 0 Å².